The number of rotatable bonds is 10. The minimum absolute atomic E-state index is 0.0934. The van der Waals surface area contributed by atoms with Crippen LogP contribution in [0.1, 0.15) is 64.1 Å². The van der Waals surface area contributed by atoms with Gasteiger partial charge in [0.25, 0.3) is 0 Å². The van der Waals surface area contributed by atoms with Crippen molar-refractivity contribution in [3.05, 3.63) is 42.1 Å². The standard InChI is InChI=1S/C20H30N2O2/c1-3-5-6-7-8-9-16-24-18-12-10-17(11-13-18)20-21-15-14-19(22-20)23-4-2/h10-15,20-21H,3-9,16H2,1-2H3. The molecule has 1 heterocycles. The summed E-state index contributed by atoms with van der Waals surface area (Å²) in [6.07, 6.45) is 11.3. The topological polar surface area (TPSA) is 42.9 Å². The number of ether oxygens (including phenoxy) is 2. The highest BCUT2D eigenvalue weighted by Crippen LogP contribution is 2.21. The molecule has 0 aromatic heterocycles. The van der Waals surface area contributed by atoms with Crippen LogP contribution in [-0.2, 0) is 4.74 Å². The van der Waals surface area contributed by atoms with E-state index in [9.17, 15) is 0 Å². The summed E-state index contributed by atoms with van der Waals surface area (Å²) in [4.78, 5) is 4.54. The Balaban J connectivity index is 1.74. The van der Waals surface area contributed by atoms with Crippen molar-refractivity contribution in [1.82, 2.24) is 5.32 Å². The van der Waals surface area contributed by atoms with Gasteiger partial charge in [0.15, 0.2) is 0 Å². The summed E-state index contributed by atoms with van der Waals surface area (Å²) in [6, 6.07) is 8.14. The Morgan fingerprint density at radius 2 is 1.71 bits per heavy atom. The molecule has 0 radical (unpaired) electrons. The molecule has 1 aliphatic rings. The van der Waals surface area contributed by atoms with E-state index >= 15 is 0 Å². The number of aliphatic imine (C=N–C) groups is 1. The summed E-state index contributed by atoms with van der Waals surface area (Å²) in [6.45, 7) is 5.63. The average molecular weight is 330 g/mol. The van der Waals surface area contributed by atoms with E-state index in [0.29, 0.717) is 12.5 Å². The molecule has 0 bridgehead atoms. The molecule has 0 aliphatic carbocycles. The maximum Gasteiger partial charge on any atom is 0.212 e. The number of unbranched alkanes of at least 4 members (excludes halogenated alkanes) is 5. The van der Waals surface area contributed by atoms with Crippen molar-refractivity contribution >= 4 is 5.90 Å². The molecule has 1 atom stereocenters. The van der Waals surface area contributed by atoms with Crippen LogP contribution in [0.3, 0.4) is 0 Å². The minimum atomic E-state index is -0.0934. The third-order valence-corrected chi connectivity index (χ3v) is 3.99. The van der Waals surface area contributed by atoms with E-state index in [1.807, 2.05) is 31.3 Å². The third kappa shape index (κ3) is 6.26. The molecular formula is C20H30N2O2. The lowest BCUT2D eigenvalue weighted by Crippen LogP contribution is -2.20. The van der Waals surface area contributed by atoms with Crippen molar-refractivity contribution in [2.45, 2.75) is 58.5 Å². The van der Waals surface area contributed by atoms with Crippen LogP contribution in [0.25, 0.3) is 0 Å². The van der Waals surface area contributed by atoms with Crippen molar-refractivity contribution in [2.24, 2.45) is 4.99 Å². The quantitative estimate of drug-likeness (QED) is 0.615. The first kappa shape index (κ1) is 18.4. The molecular weight excluding hydrogens is 300 g/mol. The smallest absolute Gasteiger partial charge is 0.212 e. The lowest BCUT2D eigenvalue weighted by Gasteiger charge is -2.18. The molecule has 4 heteroatoms. The minimum Gasteiger partial charge on any atom is -0.494 e. The van der Waals surface area contributed by atoms with Crippen LogP contribution >= 0.6 is 0 Å². The average Bonchev–Trinajstić information content (AvgIpc) is 2.62. The van der Waals surface area contributed by atoms with Gasteiger partial charge in [-0.1, -0.05) is 51.2 Å². The maximum atomic E-state index is 5.82. The Bertz CT molecular complexity index is 523. The molecule has 132 valence electrons. The van der Waals surface area contributed by atoms with Gasteiger partial charge in [-0.25, -0.2) is 4.99 Å². The van der Waals surface area contributed by atoms with Gasteiger partial charge < -0.3 is 14.8 Å². The molecule has 1 aromatic carbocycles. The summed E-state index contributed by atoms with van der Waals surface area (Å²) >= 11 is 0. The summed E-state index contributed by atoms with van der Waals surface area (Å²) in [7, 11) is 0. The van der Waals surface area contributed by atoms with Gasteiger partial charge in [0.05, 0.1) is 13.2 Å². The van der Waals surface area contributed by atoms with Crippen LogP contribution in [0.4, 0.5) is 0 Å². The second-order valence-corrected chi connectivity index (χ2v) is 5.99. The van der Waals surface area contributed by atoms with Crippen LogP contribution in [-0.4, -0.2) is 19.1 Å². The summed E-state index contributed by atoms with van der Waals surface area (Å²) in [5, 5.41) is 3.23. The second kappa shape index (κ2) is 10.7. The first-order chi connectivity index (χ1) is 11.8. The van der Waals surface area contributed by atoms with Gasteiger partial charge in [-0.15, -0.1) is 0 Å². The van der Waals surface area contributed by atoms with Gasteiger partial charge in [-0.2, -0.15) is 0 Å². The number of hydrogen-bond donors (Lipinski definition) is 1. The Morgan fingerprint density at radius 1 is 0.958 bits per heavy atom. The number of hydrogen-bond acceptors (Lipinski definition) is 4. The Labute approximate surface area is 146 Å². The molecule has 0 saturated carbocycles. The predicted molar refractivity (Wildman–Crippen MR) is 99.4 cm³/mol. The zero-order chi connectivity index (χ0) is 17.0. The molecule has 2 rings (SSSR count). The lowest BCUT2D eigenvalue weighted by atomic mass is 10.1. The van der Waals surface area contributed by atoms with Crippen LogP contribution < -0.4 is 10.1 Å². The Morgan fingerprint density at radius 3 is 2.46 bits per heavy atom. The zero-order valence-corrected chi connectivity index (χ0v) is 15.0. The van der Waals surface area contributed by atoms with Crippen LogP contribution in [0.5, 0.6) is 5.75 Å². The van der Waals surface area contributed by atoms with E-state index in [-0.39, 0.29) is 6.17 Å². The third-order valence-electron chi connectivity index (χ3n) is 3.99. The molecule has 0 spiro atoms. The molecule has 24 heavy (non-hydrogen) atoms. The molecule has 0 fully saturated rings. The van der Waals surface area contributed by atoms with Gasteiger partial charge in [0.1, 0.15) is 11.9 Å². The van der Waals surface area contributed by atoms with E-state index in [1.54, 1.807) is 0 Å². The zero-order valence-electron chi connectivity index (χ0n) is 15.0. The molecule has 4 nitrogen and oxygen atoms in total. The van der Waals surface area contributed by atoms with E-state index in [0.717, 1.165) is 24.3 Å². The monoisotopic (exact) mass is 330 g/mol. The first-order valence-corrected chi connectivity index (χ1v) is 9.19. The molecule has 1 aliphatic heterocycles. The number of nitrogens with one attached hydrogen (secondary N) is 1. The van der Waals surface area contributed by atoms with E-state index in [2.05, 4.69) is 29.4 Å². The first-order valence-electron chi connectivity index (χ1n) is 9.19. The fourth-order valence-electron chi connectivity index (χ4n) is 2.64. The van der Waals surface area contributed by atoms with E-state index in [1.165, 1.54) is 32.1 Å². The van der Waals surface area contributed by atoms with Crippen molar-refractivity contribution in [2.75, 3.05) is 13.2 Å². The molecule has 0 saturated heterocycles. The molecule has 1 unspecified atom stereocenters. The second-order valence-electron chi connectivity index (χ2n) is 5.99. The highest BCUT2D eigenvalue weighted by Gasteiger charge is 2.12. The van der Waals surface area contributed by atoms with Crippen molar-refractivity contribution in [3.8, 4) is 5.75 Å². The Hall–Kier alpha value is -1.97. The van der Waals surface area contributed by atoms with E-state index < -0.39 is 0 Å². The number of benzene rings is 1. The molecule has 1 N–H and O–H groups in total. The summed E-state index contributed by atoms with van der Waals surface area (Å²) < 4.78 is 11.3. The SMILES string of the molecule is CCCCCCCCOc1ccc(C2N=C(OCC)C=CN2)cc1. The van der Waals surface area contributed by atoms with E-state index in [4.69, 9.17) is 9.47 Å². The van der Waals surface area contributed by atoms with Gasteiger partial charge in [0, 0.05) is 12.3 Å². The maximum absolute atomic E-state index is 5.82. The van der Waals surface area contributed by atoms with Gasteiger partial charge in [-0.3, -0.25) is 0 Å². The molecule has 1 aromatic rings. The summed E-state index contributed by atoms with van der Waals surface area (Å²) in [5.41, 5.74) is 1.10. The fourth-order valence-corrected chi connectivity index (χ4v) is 2.64. The van der Waals surface area contributed by atoms with Crippen LogP contribution in [0.2, 0.25) is 0 Å². The molecule has 0 amide bonds. The van der Waals surface area contributed by atoms with Crippen molar-refractivity contribution in [1.29, 1.82) is 0 Å². The van der Waals surface area contributed by atoms with Gasteiger partial charge in [-0.05, 0) is 31.0 Å². The summed E-state index contributed by atoms with van der Waals surface area (Å²) in [5.74, 6) is 1.59. The van der Waals surface area contributed by atoms with Crippen LogP contribution in [0, 0.1) is 0 Å². The van der Waals surface area contributed by atoms with Crippen molar-refractivity contribution < 1.29 is 9.47 Å². The van der Waals surface area contributed by atoms with Crippen LogP contribution in [0.15, 0.2) is 41.5 Å². The fraction of sp³-hybridized carbons (Fsp3) is 0.550. The van der Waals surface area contributed by atoms with Gasteiger partial charge >= 0.3 is 0 Å². The lowest BCUT2D eigenvalue weighted by molar-refractivity contribution is 0.304. The predicted octanol–water partition coefficient (Wildman–Crippen LogP) is 4.98. The normalized spacial score (nSPS) is 16.4. The van der Waals surface area contributed by atoms with Crippen molar-refractivity contribution in [3.63, 3.8) is 0 Å². The largest absolute Gasteiger partial charge is 0.494 e. The highest BCUT2D eigenvalue weighted by atomic mass is 16.5. The highest BCUT2D eigenvalue weighted by molar-refractivity contribution is 5.88. The Kier molecular flexibility index (Phi) is 8.22. The number of nitrogens with zero attached hydrogens (tertiary/aromatic N) is 1. The van der Waals surface area contributed by atoms with Gasteiger partial charge in [0.2, 0.25) is 5.90 Å².